The number of benzene rings is 1. The molecule has 8 nitrogen and oxygen atoms in total. The van der Waals surface area contributed by atoms with Crippen LogP contribution in [0.25, 0.3) is 0 Å². The van der Waals surface area contributed by atoms with Crippen LogP contribution in [0.3, 0.4) is 0 Å². The SMILES string of the molecule is CCC(C)C(NC(=O)Nc1cccc(C)c1)C(=O)N1CCN(C(=O)NC(C)C)C(C)C1. The Morgan fingerprint density at radius 1 is 1.13 bits per heavy atom. The van der Waals surface area contributed by atoms with E-state index in [9.17, 15) is 14.4 Å². The van der Waals surface area contributed by atoms with Crippen molar-refractivity contribution in [3.63, 3.8) is 0 Å². The van der Waals surface area contributed by atoms with Crippen LogP contribution in [0.1, 0.15) is 46.6 Å². The normalized spacial score (nSPS) is 18.4. The predicted octanol–water partition coefficient (Wildman–Crippen LogP) is 3.18. The second-order valence-corrected chi connectivity index (χ2v) is 8.76. The highest BCUT2D eigenvalue weighted by Crippen LogP contribution is 2.17. The van der Waals surface area contributed by atoms with E-state index in [1.165, 1.54) is 0 Å². The molecule has 1 aliphatic heterocycles. The topological polar surface area (TPSA) is 93.8 Å². The molecule has 1 aromatic rings. The zero-order chi connectivity index (χ0) is 23.1. The van der Waals surface area contributed by atoms with Crippen LogP contribution in [-0.2, 0) is 4.79 Å². The van der Waals surface area contributed by atoms with Crippen molar-refractivity contribution in [1.29, 1.82) is 0 Å². The molecule has 1 saturated heterocycles. The third-order valence-corrected chi connectivity index (χ3v) is 5.65. The minimum Gasteiger partial charge on any atom is -0.337 e. The Balaban J connectivity index is 2.03. The lowest BCUT2D eigenvalue weighted by molar-refractivity contribution is -0.136. The van der Waals surface area contributed by atoms with E-state index < -0.39 is 12.1 Å². The average Bonchev–Trinajstić information content (AvgIpc) is 2.70. The Morgan fingerprint density at radius 3 is 2.42 bits per heavy atom. The van der Waals surface area contributed by atoms with E-state index in [-0.39, 0.29) is 29.9 Å². The molecule has 1 fully saturated rings. The van der Waals surface area contributed by atoms with Crippen molar-refractivity contribution in [2.24, 2.45) is 5.92 Å². The number of urea groups is 2. The maximum absolute atomic E-state index is 13.3. The maximum Gasteiger partial charge on any atom is 0.319 e. The molecule has 3 atom stereocenters. The molecule has 0 aliphatic carbocycles. The smallest absolute Gasteiger partial charge is 0.319 e. The van der Waals surface area contributed by atoms with E-state index in [0.717, 1.165) is 12.0 Å². The highest BCUT2D eigenvalue weighted by Gasteiger charge is 2.35. The lowest BCUT2D eigenvalue weighted by atomic mass is 9.97. The molecule has 0 bridgehead atoms. The number of nitrogens with one attached hydrogen (secondary N) is 3. The van der Waals surface area contributed by atoms with Crippen molar-refractivity contribution >= 4 is 23.7 Å². The number of carbonyl (C=O) groups is 3. The number of amides is 5. The number of hydrogen-bond donors (Lipinski definition) is 3. The average molecular weight is 432 g/mol. The van der Waals surface area contributed by atoms with Gasteiger partial charge in [-0.2, -0.15) is 0 Å². The van der Waals surface area contributed by atoms with Crippen LogP contribution in [-0.4, -0.2) is 65.5 Å². The number of anilines is 1. The monoisotopic (exact) mass is 431 g/mol. The number of rotatable bonds is 6. The summed E-state index contributed by atoms with van der Waals surface area (Å²) in [6.07, 6.45) is 0.757. The molecule has 172 valence electrons. The Hall–Kier alpha value is -2.77. The number of carbonyl (C=O) groups excluding carboxylic acids is 3. The van der Waals surface area contributed by atoms with Gasteiger partial charge in [0.2, 0.25) is 5.91 Å². The van der Waals surface area contributed by atoms with E-state index in [1.54, 1.807) is 9.80 Å². The van der Waals surface area contributed by atoms with Gasteiger partial charge in [-0.3, -0.25) is 4.79 Å². The van der Waals surface area contributed by atoms with Crippen LogP contribution in [0.2, 0.25) is 0 Å². The molecule has 1 aliphatic rings. The summed E-state index contributed by atoms with van der Waals surface area (Å²) in [5, 5.41) is 8.60. The Labute approximate surface area is 185 Å². The number of hydrogen-bond acceptors (Lipinski definition) is 3. The molecule has 0 spiro atoms. The quantitative estimate of drug-likeness (QED) is 0.646. The van der Waals surface area contributed by atoms with Crippen molar-refractivity contribution < 1.29 is 14.4 Å². The first-order valence-electron chi connectivity index (χ1n) is 11.1. The Morgan fingerprint density at radius 2 is 1.84 bits per heavy atom. The molecule has 8 heteroatoms. The molecule has 0 radical (unpaired) electrons. The first-order chi connectivity index (χ1) is 14.6. The van der Waals surface area contributed by atoms with E-state index >= 15 is 0 Å². The number of nitrogens with zero attached hydrogens (tertiary/aromatic N) is 2. The van der Waals surface area contributed by atoms with E-state index in [4.69, 9.17) is 0 Å². The predicted molar refractivity (Wildman–Crippen MR) is 123 cm³/mol. The van der Waals surface area contributed by atoms with Crippen LogP contribution in [0.5, 0.6) is 0 Å². The van der Waals surface area contributed by atoms with Crippen molar-refractivity contribution in [3.05, 3.63) is 29.8 Å². The summed E-state index contributed by atoms with van der Waals surface area (Å²) >= 11 is 0. The zero-order valence-corrected chi connectivity index (χ0v) is 19.6. The second kappa shape index (κ2) is 11.0. The fourth-order valence-electron chi connectivity index (χ4n) is 3.70. The summed E-state index contributed by atoms with van der Waals surface area (Å²) in [6, 6.07) is 6.35. The molecule has 31 heavy (non-hydrogen) atoms. The van der Waals surface area contributed by atoms with Crippen molar-refractivity contribution in [1.82, 2.24) is 20.4 Å². The van der Waals surface area contributed by atoms with Crippen molar-refractivity contribution in [2.75, 3.05) is 25.0 Å². The van der Waals surface area contributed by atoms with Crippen LogP contribution >= 0.6 is 0 Å². The van der Waals surface area contributed by atoms with Crippen LogP contribution in [0.15, 0.2) is 24.3 Å². The van der Waals surface area contributed by atoms with Crippen LogP contribution < -0.4 is 16.0 Å². The Kier molecular flexibility index (Phi) is 8.71. The van der Waals surface area contributed by atoms with Gasteiger partial charge >= 0.3 is 12.1 Å². The molecule has 5 amide bonds. The van der Waals surface area contributed by atoms with Gasteiger partial charge in [0, 0.05) is 37.4 Å². The minimum absolute atomic E-state index is 0.0201. The maximum atomic E-state index is 13.3. The minimum atomic E-state index is -0.627. The van der Waals surface area contributed by atoms with Crippen LogP contribution in [0.4, 0.5) is 15.3 Å². The van der Waals surface area contributed by atoms with Gasteiger partial charge in [-0.05, 0) is 51.3 Å². The van der Waals surface area contributed by atoms with Gasteiger partial charge in [-0.1, -0.05) is 32.4 Å². The van der Waals surface area contributed by atoms with Gasteiger partial charge in [0.05, 0.1) is 0 Å². The van der Waals surface area contributed by atoms with Crippen LogP contribution in [0, 0.1) is 12.8 Å². The number of piperazine rings is 1. The fraction of sp³-hybridized carbons (Fsp3) is 0.609. The largest absolute Gasteiger partial charge is 0.337 e. The molecular weight excluding hydrogens is 394 g/mol. The third kappa shape index (κ3) is 6.87. The molecule has 2 rings (SSSR count). The highest BCUT2D eigenvalue weighted by atomic mass is 16.2. The first-order valence-corrected chi connectivity index (χ1v) is 11.1. The second-order valence-electron chi connectivity index (χ2n) is 8.76. The Bertz CT molecular complexity index is 782. The third-order valence-electron chi connectivity index (χ3n) is 5.65. The van der Waals surface area contributed by atoms with Crippen molar-refractivity contribution in [3.8, 4) is 0 Å². The summed E-state index contributed by atoms with van der Waals surface area (Å²) in [7, 11) is 0. The standard InChI is InChI=1S/C23H37N5O3/c1-7-17(5)20(26-22(30)25-19-10-8-9-16(4)13-19)21(29)27-11-12-28(18(6)14-27)23(31)24-15(2)3/h8-10,13,15,17-18,20H,7,11-12,14H2,1-6H3,(H,24,31)(H2,25,26,30). The summed E-state index contributed by atoms with van der Waals surface area (Å²) < 4.78 is 0. The van der Waals surface area contributed by atoms with Gasteiger partial charge < -0.3 is 25.8 Å². The van der Waals surface area contributed by atoms with Gasteiger partial charge in [-0.15, -0.1) is 0 Å². The van der Waals surface area contributed by atoms with Gasteiger partial charge in [0.1, 0.15) is 6.04 Å². The van der Waals surface area contributed by atoms with E-state index in [1.807, 2.05) is 65.8 Å². The fourth-order valence-corrected chi connectivity index (χ4v) is 3.70. The molecule has 1 heterocycles. The summed E-state index contributed by atoms with van der Waals surface area (Å²) in [6.45, 7) is 13.1. The molecule has 0 saturated carbocycles. The lowest BCUT2D eigenvalue weighted by Crippen LogP contribution is -2.61. The first kappa shape index (κ1) is 24.5. The highest BCUT2D eigenvalue weighted by molar-refractivity contribution is 5.94. The zero-order valence-electron chi connectivity index (χ0n) is 19.6. The number of aryl methyl sites for hydroxylation is 1. The molecule has 0 aromatic heterocycles. The molecule has 3 N–H and O–H groups in total. The molecule has 1 aromatic carbocycles. The van der Waals surface area contributed by atoms with Gasteiger partial charge in [-0.25, -0.2) is 9.59 Å². The summed E-state index contributed by atoms with van der Waals surface area (Å²) in [5.74, 6) is -0.127. The van der Waals surface area contributed by atoms with Gasteiger partial charge in [0.25, 0.3) is 0 Å². The van der Waals surface area contributed by atoms with E-state index in [0.29, 0.717) is 25.3 Å². The molecule has 3 unspecified atom stereocenters. The van der Waals surface area contributed by atoms with Crippen molar-refractivity contribution in [2.45, 2.75) is 66.1 Å². The molecular formula is C23H37N5O3. The summed E-state index contributed by atoms with van der Waals surface area (Å²) in [4.78, 5) is 41.8. The lowest BCUT2D eigenvalue weighted by Gasteiger charge is -2.41. The van der Waals surface area contributed by atoms with Gasteiger partial charge in [0.15, 0.2) is 0 Å². The van der Waals surface area contributed by atoms with E-state index in [2.05, 4.69) is 16.0 Å². The summed E-state index contributed by atoms with van der Waals surface area (Å²) in [5.41, 5.74) is 1.73.